The van der Waals surface area contributed by atoms with E-state index in [0.717, 1.165) is 18.5 Å². The average Bonchev–Trinajstić information content (AvgIpc) is 2.62. The van der Waals surface area contributed by atoms with Crippen LogP contribution in [-0.4, -0.2) is 20.7 Å². The number of benzene rings is 1. The molecule has 0 atom stereocenters. The second kappa shape index (κ2) is 12.2. The van der Waals surface area contributed by atoms with E-state index in [9.17, 15) is 4.79 Å². The molecule has 0 aliphatic rings. The molecule has 3 N–H and O–H groups in total. The summed E-state index contributed by atoms with van der Waals surface area (Å²) in [5.41, 5.74) is 5.33. The number of ether oxygens (including phenoxy) is 1. The van der Waals surface area contributed by atoms with Gasteiger partial charge < -0.3 is 10.5 Å². The molecule has 28 heavy (non-hydrogen) atoms. The van der Waals surface area contributed by atoms with Crippen molar-refractivity contribution in [3.63, 3.8) is 0 Å². The van der Waals surface area contributed by atoms with Crippen LogP contribution in [0.3, 0.4) is 0 Å². The second-order valence-electron chi connectivity index (χ2n) is 9.55. The zero-order chi connectivity index (χ0) is 21.0. The van der Waals surface area contributed by atoms with Crippen LogP contribution in [0.4, 0.5) is 5.69 Å². The molecule has 4 heteroatoms. The lowest BCUT2D eigenvalue weighted by Crippen LogP contribution is -2.39. The number of quaternary nitrogens is 1. The lowest BCUT2D eigenvalue weighted by Gasteiger charge is -2.36. The van der Waals surface area contributed by atoms with E-state index in [0.29, 0.717) is 17.2 Å². The summed E-state index contributed by atoms with van der Waals surface area (Å²) in [5.74, 6) is -0.232. The first-order valence-corrected chi connectivity index (χ1v) is 14.1. The fourth-order valence-electron chi connectivity index (χ4n) is 2.76. The Labute approximate surface area is 173 Å². The van der Waals surface area contributed by atoms with Crippen LogP contribution in [0.25, 0.3) is 0 Å². The third kappa shape index (κ3) is 9.70. The lowest BCUT2D eigenvalue weighted by atomic mass is 10.1. The summed E-state index contributed by atoms with van der Waals surface area (Å²) >= 11 is 0. The van der Waals surface area contributed by atoms with Crippen LogP contribution < -0.4 is 5.73 Å². The highest BCUT2D eigenvalue weighted by molar-refractivity contribution is 6.80. The maximum atomic E-state index is 11.9. The molecule has 1 rings (SSSR count). The van der Waals surface area contributed by atoms with Crippen molar-refractivity contribution in [3.05, 3.63) is 42.0 Å². The smallest absolute Gasteiger partial charge is 0.338 e. The lowest BCUT2D eigenvalue weighted by molar-refractivity contribution is -0.254. The van der Waals surface area contributed by atoms with Gasteiger partial charge in [0.15, 0.2) is 0 Å². The van der Waals surface area contributed by atoms with Gasteiger partial charge in [-0.1, -0.05) is 71.7 Å². The Kier molecular flexibility index (Phi) is 10.8. The molecule has 1 aromatic rings. The number of unbranched alkanes of at least 4 members (excludes halogenated alkanes) is 6. The summed E-state index contributed by atoms with van der Waals surface area (Å²) in [4.78, 5) is 11.9. The van der Waals surface area contributed by atoms with E-state index < -0.39 is 8.07 Å². The highest BCUT2D eigenvalue weighted by Gasteiger charge is 2.33. The molecule has 0 bridgehead atoms. The van der Waals surface area contributed by atoms with E-state index in [-0.39, 0.29) is 5.97 Å². The quantitative estimate of drug-likeness (QED) is 0.187. The Morgan fingerprint density at radius 3 is 2.14 bits per heavy atom. The van der Waals surface area contributed by atoms with Crippen molar-refractivity contribution in [1.29, 1.82) is 0 Å². The number of hydrogen-bond acceptors (Lipinski definition) is 2. The molecule has 0 spiro atoms. The van der Waals surface area contributed by atoms with E-state index in [1.54, 1.807) is 12.1 Å². The summed E-state index contributed by atoms with van der Waals surface area (Å²) in [5, 5.41) is 0.475. The Balaban J connectivity index is 1.99. The third-order valence-corrected chi connectivity index (χ3v) is 11.3. The van der Waals surface area contributed by atoms with Crippen molar-refractivity contribution in [3.8, 4) is 0 Å². The van der Waals surface area contributed by atoms with Gasteiger partial charge in [0.1, 0.15) is 5.69 Å². The van der Waals surface area contributed by atoms with Gasteiger partial charge in [-0.05, 0) is 54.6 Å². The number of esters is 1. The van der Waals surface area contributed by atoms with Gasteiger partial charge in [-0.2, -0.15) is 0 Å². The second-order valence-corrected chi connectivity index (χ2v) is 15.2. The highest BCUT2D eigenvalue weighted by atomic mass is 28.3. The van der Waals surface area contributed by atoms with Gasteiger partial charge in [-0.25, -0.2) is 4.79 Å². The van der Waals surface area contributed by atoms with Crippen molar-refractivity contribution in [2.45, 2.75) is 89.9 Å². The minimum atomic E-state index is -1.16. The van der Waals surface area contributed by atoms with E-state index in [2.05, 4.69) is 51.8 Å². The van der Waals surface area contributed by atoms with E-state index in [1.165, 1.54) is 38.1 Å². The molecule has 1 aromatic carbocycles. The first kappa shape index (κ1) is 24.6. The molecular formula is C24H42NO2Si+. The summed E-state index contributed by atoms with van der Waals surface area (Å²) in [7, 11) is -1.16. The van der Waals surface area contributed by atoms with Gasteiger partial charge >= 0.3 is 5.97 Å². The molecule has 0 amide bonds. The van der Waals surface area contributed by atoms with Crippen LogP contribution in [0.15, 0.2) is 36.4 Å². The number of hydrogen-bond donors (Lipinski definition) is 1. The molecule has 0 heterocycles. The first-order chi connectivity index (χ1) is 13.1. The van der Waals surface area contributed by atoms with Gasteiger partial charge in [0.05, 0.1) is 20.2 Å². The largest absolute Gasteiger partial charge is 0.462 e. The molecule has 0 saturated heterocycles. The zero-order valence-corrected chi connectivity index (χ0v) is 19.9. The summed E-state index contributed by atoms with van der Waals surface area (Å²) in [6.45, 7) is 12.7. The number of rotatable bonds is 12. The van der Waals surface area contributed by atoms with Gasteiger partial charge in [0, 0.05) is 0 Å². The maximum absolute atomic E-state index is 11.9. The van der Waals surface area contributed by atoms with E-state index >= 15 is 0 Å². The number of allylic oxidation sites excluding steroid dienone is 2. The van der Waals surface area contributed by atoms with Crippen molar-refractivity contribution < 1.29 is 15.3 Å². The maximum Gasteiger partial charge on any atom is 0.338 e. The van der Waals surface area contributed by atoms with Gasteiger partial charge in [0.2, 0.25) is 0 Å². The Morgan fingerprint density at radius 1 is 0.964 bits per heavy atom. The van der Waals surface area contributed by atoms with E-state index in [4.69, 9.17) is 4.74 Å². The predicted octanol–water partition coefficient (Wildman–Crippen LogP) is 6.51. The van der Waals surface area contributed by atoms with Crippen molar-refractivity contribution in [2.75, 3.05) is 6.61 Å². The molecule has 0 fully saturated rings. The standard InChI is InChI=1S/C24H41NO2Si/c1-24(2,3)28(4,5)20-14-12-10-8-6-7-9-11-13-19-27-23(26)21-15-17-22(25)18-16-21/h12,14-18H,6-11,13,19-20,25H2,1-5H3/p+1/b14-12+. The van der Waals surface area contributed by atoms with Crippen LogP contribution in [0.2, 0.25) is 24.2 Å². The predicted molar refractivity (Wildman–Crippen MR) is 123 cm³/mol. The van der Waals surface area contributed by atoms with Crippen LogP contribution in [-0.2, 0) is 4.74 Å². The Bertz CT molecular complexity index is 600. The third-order valence-electron chi connectivity index (χ3n) is 6.01. The summed E-state index contributed by atoms with van der Waals surface area (Å²) < 4.78 is 5.33. The van der Waals surface area contributed by atoms with Gasteiger partial charge in [-0.15, -0.1) is 0 Å². The van der Waals surface area contributed by atoms with Crippen LogP contribution in [0.1, 0.15) is 76.1 Å². The normalized spacial score (nSPS) is 12.5. The minimum Gasteiger partial charge on any atom is -0.462 e. The summed E-state index contributed by atoms with van der Waals surface area (Å²) in [6, 6.07) is 8.49. The molecule has 0 aromatic heterocycles. The Morgan fingerprint density at radius 2 is 1.54 bits per heavy atom. The SMILES string of the molecule is CC(C)(C)[Si](C)(C)C/C=C/CCCCCCCCOC(=O)c1ccc([NH3+])cc1. The molecular weight excluding hydrogens is 362 g/mol. The minimum absolute atomic E-state index is 0.232. The average molecular weight is 405 g/mol. The van der Waals surface area contributed by atoms with Crippen molar-refractivity contribution >= 4 is 19.7 Å². The van der Waals surface area contributed by atoms with Crippen molar-refractivity contribution in [1.82, 2.24) is 0 Å². The molecule has 0 unspecified atom stereocenters. The van der Waals surface area contributed by atoms with Crippen molar-refractivity contribution in [2.24, 2.45) is 0 Å². The van der Waals surface area contributed by atoms with Gasteiger partial charge in [-0.3, -0.25) is 0 Å². The molecule has 3 nitrogen and oxygen atoms in total. The van der Waals surface area contributed by atoms with Crippen LogP contribution >= 0.6 is 0 Å². The number of carbonyl (C=O) groups is 1. The zero-order valence-electron chi connectivity index (χ0n) is 18.9. The fourth-order valence-corrected chi connectivity index (χ4v) is 4.13. The summed E-state index contributed by atoms with van der Waals surface area (Å²) in [6.07, 6.45) is 13.2. The van der Waals surface area contributed by atoms with Crippen LogP contribution in [0.5, 0.6) is 0 Å². The first-order valence-electron chi connectivity index (χ1n) is 10.9. The molecule has 0 saturated carbocycles. The van der Waals surface area contributed by atoms with E-state index in [1.807, 2.05) is 12.1 Å². The number of carbonyl (C=O) groups excluding carboxylic acids is 1. The molecule has 0 aliphatic heterocycles. The monoisotopic (exact) mass is 404 g/mol. The Hall–Kier alpha value is -1.39. The molecule has 0 radical (unpaired) electrons. The highest BCUT2D eigenvalue weighted by Crippen LogP contribution is 2.38. The molecule has 0 aliphatic carbocycles. The topological polar surface area (TPSA) is 53.9 Å². The fraction of sp³-hybridized carbons (Fsp3) is 0.625. The van der Waals surface area contributed by atoms with Crippen LogP contribution in [0, 0.1) is 0 Å². The van der Waals surface area contributed by atoms with Gasteiger partial charge in [0.25, 0.3) is 0 Å². The molecule has 158 valence electrons.